The number of nitrogens with zero attached hydrogens (tertiary/aromatic N) is 3. The Morgan fingerprint density at radius 3 is 2.64 bits per heavy atom. The fourth-order valence-electron chi connectivity index (χ4n) is 2.27. The smallest absolute Gasteiger partial charge is 0.243 e. The highest BCUT2D eigenvalue weighted by Crippen LogP contribution is 2.24. The summed E-state index contributed by atoms with van der Waals surface area (Å²) < 4.78 is 29.6. The molecule has 0 amide bonds. The minimum absolute atomic E-state index is 0.268. The van der Waals surface area contributed by atoms with Crippen LogP contribution in [0.25, 0.3) is 0 Å². The number of aryl methyl sites for hydroxylation is 3. The van der Waals surface area contributed by atoms with E-state index in [0.29, 0.717) is 11.4 Å². The minimum Gasteiger partial charge on any atom is -0.267 e. The van der Waals surface area contributed by atoms with E-state index >= 15 is 0 Å². The number of halogens is 1. The van der Waals surface area contributed by atoms with Crippen LogP contribution in [0.3, 0.4) is 0 Å². The van der Waals surface area contributed by atoms with E-state index in [1.807, 2.05) is 32.9 Å². The molecular formula is C15H20BrN3O2S. The molecule has 5 nitrogen and oxygen atoms in total. The minimum atomic E-state index is -3.54. The fraction of sp³-hybridized carbons (Fsp3) is 0.400. The van der Waals surface area contributed by atoms with Crippen molar-refractivity contribution in [2.75, 3.05) is 7.05 Å². The molecule has 7 heteroatoms. The summed E-state index contributed by atoms with van der Waals surface area (Å²) in [4.78, 5) is 0.355. The van der Waals surface area contributed by atoms with E-state index in [0.717, 1.165) is 21.3 Å². The van der Waals surface area contributed by atoms with Crippen molar-refractivity contribution < 1.29 is 8.42 Å². The van der Waals surface area contributed by atoms with Gasteiger partial charge in [-0.15, -0.1) is 0 Å². The van der Waals surface area contributed by atoms with E-state index in [4.69, 9.17) is 0 Å². The summed E-state index contributed by atoms with van der Waals surface area (Å²) in [5.74, 6) is 0. The van der Waals surface area contributed by atoms with Crippen LogP contribution in [0.2, 0.25) is 0 Å². The third-order valence-electron chi connectivity index (χ3n) is 3.60. The summed E-state index contributed by atoms with van der Waals surface area (Å²) >= 11 is 3.43. The van der Waals surface area contributed by atoms with Crippen molar-refractivity contribution >= 4 is 26.0 Å². The SMILES string of the molecule is CCn1ncc(Br)c1CN(C)S(=O)(=O)c1cc(C)ccc1C. The van der Waals surface area contributed by atoms with Gasteiger partial charge in [0.15, 0.2) is 0 Å². The van der Waals surface area contributed by atoms with Gasteiger partial charge in [-0.05, 0) is 53.9 Å². The van der Waals surface area contributed by atoms with Crippen LogP contribution < -0.4 is 0 Å². The van der Waals surface area contributed by atoms with E-state index < -0.39 is 10.0 Å². The lowest BCUT2D eigenvalue weighted by Gasteiger charge is -2.19. The van der Waals surface area contributed by atoms with Crippen LogP contribution in [0.15, 0.2) is 33.8 Å². The lowest BCUT2D eigenvalue weighted by Crippen LogP contribution is -2.28. The van der Waals surface area contributed by atoms with Crippen LogP contribution >= 0.6 is 15.9 Å². The van der Waals surface area contributed by atoms with Crippen molar-refractivity contribution in [3.8, 4) is 0 Å². The Kier molecular flexibility index (Phi) is 5.09. The monoisotopic (exact) mass is 385 g/mol. The Bertz CT molecular complexity index is 784. The van der Waals surface area contributed by atoms with Crippen LogP contribution in [-0.2, 0) is 23.1 Å². The van der Waals surface area contributed by atoms with E-state index in [1.54, 1.807) is 24.0 Å². The van der Waals surface area contributed by atoms with Crippen molar-refractivity contribution in [2.45, 2.75) is 38.8 Å². The normalized spacial score (nSPS) is 12.1. The first kappa shape index (κ1) is 17.2. The quantitative estimate of drug-likeness (QED) is 0.794. The number of sulfonamides is 1. The highest BCUT2D eigenvalue weighted by molar-refractivity contribution is 9.10. The molecule has 0 fully saturated rings. The van der Waals surface area contributed by atoms with Crippen LogP contribution in [0.1, 0.15) is 23.7 Å². The third kappa shape index (κ3) is 3.26. The number of benzene rings is 1. The standard InChI is InChI=1S/C15H20BrN3O2S/c1-5-19-14(13(16)9-17-19)10-18(4)22(20,21)15-8-11(2)6-7-12(15)3/h6-9H,5,10H2,1-4H3. The number of hydrogen-bond acceptors (Lipinski definition) is 3. The number of rotatable bonds is 5. The summed E-state index contributed by atoms with van der Waals surface area (Å²) in [6, 6.07) is 5.46. The summed E-state index contributed by atoms with van der Waals surface area (Å²) in [5.41, 5.74) is 2.52. The molecule has 0 spiro atoms. The van der Waals surface area contributed by atoms with Gasteiger partial charge in [0.2, 0.25) is 10.0 Å². The molecule has 120 valence electrons. The van der Waals surface area contributed by atoms with Gasteiger partial charge in [-0.25, -0.2) is 8.42 Å². The van der Waals surface area contributed by atoms with Crippen molar-refractivity contribution in [1.29, 1.82) is 0 Å². The topological polar surface area (TPSA) is 55.2 Å². The van der Waals surface area contributed by atoms with Gasteiger partial charge in [0.1, 0.15) is 0 Å². The average molecular weight is 386 g/mol. The molecule has 1 aromatic carbocycles. The van der Waals surface area contributed by atoms with Crippen LogP contribution in [0.5, 0.6) is 0 Å². The van der Waals surface area contributed by atoms with Crippen molar-refractivity contribution in [2.24, 2.45) is 0 Å². The fourth-order valence-corrected chi connectivity index (χ4v) is 4.13. The van der Waals surface area contributed by atoms with Gasteiger partial charge in [-0.2, -0.15) is 9.40 Å². The van der Waals surface area contributed by atoms with Crippen molar-refractivity contribution in [3.05, 3.63) is 45.7 Å². The Morgan fingerprint density at radius 1 is 1.32 bits per heavy atom. The molecule has 0 radical (unpaired) electrons. The zero-order valence-corrected chi connectivity index (χ0v) is 15.6. The largest absolute Gasteiger partial charge is 0.267 e. The van der Waals surface area contributed by atoms with Crippen molar-refractivity contribution in [3.63, 3.8) is 0 Å². The molecule has 0 aliphatic heterocycles. The molecule has 0 N–H and O–H groups in total. The first-order valence-corrected chi connectivity index (χ1v) is 9.24. The molecule has 0 aliphatic carbocycles. The molecule has 0 unspecified atom stereocenters. The van der Waals surface area contributed by atoms with E-state index in [-0.39, 0.29) is 6.54 Å². The third-order valence-corrected chi connectivity index (χ3v) is 6.21. The molecule has 1 aromatic heterocycles. The molecule has 0 bridgehead atoms. The van der Waals surface area contributed by atoms with Gasteiger partial charge in [0.05, 0.1) is 27.8 Å². The maximum Gasteiger partial charge on any atom is 0.243 e. The lowest BCUT2D eigenvalue weighted by atomic mass is 10.2. The molecule has 0 atom stereocenters. The molecule has 0 saturated carbocycles. The number of aromatic nitrogens is 2. The zero-order valence-electron chi connectivity index (χ0n) is 13.2. The van der Waals surface area contributed by atoms with E-state index in [9.17, 15) is 8.42 Å². The molecule has 0 aliphatic rings. The molecular weight excluding hydrogens is 366 g/mol. The van der Waals surface area contributed by atoms with E-state index in [1.165, 1.54) is 4.31 Å². The summed E-state index contributed by atoms with van der Waals surface area (Å²) in [5, 5.41) is 4.22. The highest BCUT2D eigenvalue weighted by atomic mass is 79.9. The highest BCUT2D eigenvalue weighted by Gasteiger charge is 2.24. The molecule has 22 heavy (non-hydrogen) atoms. The summed E-state index contributed by atoms with van der Waals surface area (Å²) in [6.07, 6.45) is 1.69. The van der Waals surface area contributed by atoms with Gasteiger partial charge in [0.25, 0.3) is 0 Å². The predicted octanol–water partition coefficient (Wildman–Crippen LogP) is 3.10. The first-order valence-electron chi connectivity index (χ1n) is 7.01. The maximum atomic E-state index is 12.8. The molecule has 2 rings (SSSR count). The maximum absolute atomic E-state index is 12.8. The average Bonchev–Trinajstić information content (AvgIpc) is 2.82. The first-order chi connectivity index (χ1) is 10.3. The van der Waals surface area contributed by atoms with Gasteiger partial charge < -0.3 is 0 Å². The molecule has 1 heterocycles. The second-order valence-corrected chi connectivity index (χ2v) is 8.15. The van der Waals surface area contributed by atoms with E-state index in [2.05, 4.69) is 21.0 Å². The lowest BCUT2D eigenvalue weighted by molar-refractivity contribution is 0.446. The Balaban J connectivity index is 2.37. The summed E-state index contributed by atoms with van der Waals surface area (Å²) in [6.45, 7) is 6.64. The van der Waals surface area contributed by atoms with Crippen LogP contribution in [0.4, 0.5) is 0 Å². The van der Waals surface area contributed by atoms with Crippen molar-refractivity contribution in [1.82, 2.24) is 14.1 Å². The van der Waals surface area contributed by atoms with Crippen LogP contribution in [0, 0.1) is 13.8 Å². The van der Waals surface area contributed by atoms with Gasteiger partial charge in [-0.3, -0.25) is 4.68 Å². The second-order valence-electron chi connectivity index (χ2n) is 5.28. The molecule has 2 aromatic rings. The zero-order chi connectivity index (χ0) is 16.5. The second kappa shape index (κ2) is 6.52. The van der Waals surface area contributed by atoms with Gasteiger partial charge in [0, 0.05) is 13.6 Å². The molecule has 0 saturated heterocycles. The predicted molar refractivity (Wildman–Crippen MR) is 90.2 cm³/mol. The Labute approximate surface area is 140 Å². The Morgan fingerprint density at radius 2 is 2.00 bits per heavy atom. The van der Waals surface area contributed by atoms with Gasteiger partial charge >= 0.3 is 0 Å². The van der Waals surface area contributed by atoms with Gasteiger partial charge in [-0.1, -0.05) is 12.1 Å². The summed E-state index contributed by atoms with van der Waals surface area (Å²) in [7, 11) is -1.94. The number of hydrogen-bond donors (Lipinski definition) is 0. The van der Waals surface area contributed by atoms with Crippen LogP contribution in [-0.4, -0.2) is 29.6 Å². The Hall–Kier alpha value is -1.18.